The van der Waals surface area contributed by atoms with E-state index < -0.39 is 5.82 Å². The van der Waals surface area contributed by atoms with Gasteiger partial charge in [-0.2, -0.15) is 0 Å². The lowest BCUT2D eigenvalue weighted by Gasteiger charge is -2.17. The van der Waals surface area contributed by atoms with E-state index in [2.05, 4.69) is 4.98 Å². The molecule has 3 rings (SSSR count). The molecule has 2 aromatic carbocycles. The maximum atomic E-state index is 14.3. The van der Waals surface area contributed by atoms with Gasteiger partial charge in [0, 0.05) is 41.9 Å². The van der Waals surface area contributed by atoms with Gasteiger partial charge in [-0.3, -0.25) is 0 Å². The molecular formula is C24H25ClFNO4. The van der Waals surface area contributed by atoms with Crippen molar-refractivity contribution in [1.29, 1.82) is 0 Å². The molecule has 0 unspecified atom stereocenters. The number of nitrogens with zero attached hydrogens (tertiary/aromatic N) is 1. The highest BCUT2D eigenvalue weighted by Gasteiger charge is 2.13. The summed E-state index contributed by atoms with van der Waals surface area (Å²) in [4.78, 5) is 3.87. The molecule has 1 heterocycles. The van der Waals surface area contributed by atoms with Crippen LogP contribution in [0.15, 0.2) is 54.7 Å². The second-order valence-electron chi connectivity index (χ2n) is 6.83. The monoisotopic (exact) mass is 445 g/mol. The van der Waals surface area contributed by atoms with E-state index in [-0.39, 0.29) is 12.7 Å². The average Bonchev–Trinajstić information content (AvgIpc) is 2.79. The summed E-state index contributed by atoms with van der Waals surface area (Å²) in [5, 5.41) is 9.63. The van der Waals surface area contributed by atoms with Gasteiger partial charge in [0.05, 0.1) is 19.4 Å². The van der Waals surface area contributed by atoms with Crippen molar-refractivity contribution in [3.8, 4) is 22.8 Å². The van der Waals surface area contributed by atoms with Crippen molar-refractivity contribution in [2.24, 2.45) is 0 Å². The normalized spacial score (nSPS) is 11.9. The Morgan fingerprint density at radius 3 is 2.55 bits per heavy atom. The first-order valence-electron chi connectivity index (χ1n) is 9.99. The summed E-state index contributed by atoms with van der Waals surface area (Å²) in [6.45, 7) is 2.85. The van der Waals surface area contributed by atoms with Gasteiger partial charge in [-0.05, 0) is 42.3 Å². The smallest absolute Gasteiger partial charge is 0.213 e. The van der Waals surface area contributed by atoms with E-state index in [1.54, 1.807) is 12.1 Å². The van der Waals surface area contributed by atoms with Gasteiger partial charge in [0.1, 0.15) is 18.2 Å². The molecule has 0 fully saturated rings. The number of aromatic nitrogens is 1. The molecule has 0 aliphatic heterocycles. The summed E-state index contributed by atoms with van der Waals surface area (Å²) >= 11 is 6.32. The summed E-state index contributed by atoms with van der Waals surface area (Å²) in [6, 6.07) is 14.4. The lowest BCUT2D eigenvalue weighted by molar-refractivity contribution is 0.0431. The highest BCUT2D eigenvalue weighted by atomic mass is 35.5. The zero-order valence-electron chi connectivity index (χ0n) is 17.5. The average molecular weight is 446 g/mol. The first-order valence-corrected chi connectivity index (χ1v) is 10.4. The van der Waals surface area contributed by atoms with Crippen molar-refractivity contribution >= 4 is 11.6 Å². The number of rotatable bonds is 10. The van der Waals surface area contributed by atoms with Crippen molar-refractivity contribution in [2.75, 3.05) is 20.3 Å². The van der Waals surface area contributed by atoms with E-state index in [0.29, 0.717) is 47.4 Å². The fourth-order valence-electron chi connectivity index (χ4n) is 3.22. The van der Waals surface area contributed by atoms with Crippen molar-refractivity contribution in [2.45, 2.75) is 26.1 Å². The zero-order valence-corrected chi connectivity index (χ0v) is 18.2. The molecule has 0 aliphatic carbocycles. The minimum absolute atomic E-state index is 0.0613. The number of methoxy groups -OCH3 is 1. The number of hydrogen-bond donors (Lipinski definition) is 1. The SMILES string of the molecule is CCO[C@@H](CCO)c1ccc(OCc2ccc(Cl)c(-c3cc(OC)ncc3F)c2)cc1. The molecule has 1 N–H and O–H groups in total. The van der Waals surface area contributed by atoms with Crippen LogP contribution >= 0.6 is 11.6 Å². The fourth-order valence-corrected chi connectivity index (χ4v) is 3.44. The van der Waals surface area contributed by atoms with Crippen LogP contribution in [0.1, 0.15) is 30.6 Å². The highest BCUT2D eigenvalue weighted by Crippen LogP contribution is 2.33. The Hall–Kier alpha value is -2.67. The van der Waals surface area contributed by atoms with Crippen LogP contribution in [0.5, 0.6) is 11.6 Å². The number of aliphatic hydroxyl groups is 1. The van der Waals surface area contributed by atoms with Crippen LogP contribution in [-0.2, 0) is 11.3 Å². The molecule has 5 nitrogen and oxygen atoms in total. The van der Waals surface area contributed by atoms with Gasteiger partial charge in [-0.1, -0.05) is 29.8 Å². The number of hydrogen-bond acceptors (Lipinski definition) is 5. The highest BCUT2D eigenvalue weighted by molar-refractivity contribution is 6.33. The summed E-state index contributed by atoms with van der Waals surface area (Å²) in [5.74, 6) is 0.514. The number of aliphatic hydroxyl groups excluding tert-OH is 1. The van der Waals surface area contributed by atoms with Crippen molar-refractivity contribution in [3.63, 3.8) is 0 Å². The molecule has 1 aromatic heterocycles. The molecule has 164 valence electrons. The van der Waals surface area contributed by atoms with Gasteiger partial charge in [-0.15, -0.1) is 0 Å². The van der Waals surface area contributed by atoms with E-state index in [1.165, 1.54) is 13.2 Å². The minimum Gasteiger partial charge on any atom is -0.489 e. The molecule has 1 atom stereocenters. The fraction of sp³-hybridized carbons (Fsp3) is 0.292. The topological polar surface area (TPSA) is 60.8 Å². The largest absolute Gasteiger partial charge is 0.489 e. The number of benzene rings is 2. The zero-order chi connectivity index (χ0) is 22.2. The standard InChI is InChI=1S/C24H25ClFNO4/c1-3-30-23(10-11-28)17-5-7-18(8-6-17)31-15-16-4-9-21(25)19(12-16)20-13-24(29-2)27-14-22(20)26/h4-9,12-14,23,28H,3,10-11,15H2,1-2H3/t23-/m0/s1. The summed E-state index contributed by atoms with van der Waals surface area (Å²) in [7, 11) is 1.47. The van der Waals surface area contributed by atoms with E-state index in [1.807, 2.05) is 37.3 Å². The van der Waals surface area contributed by atoms with Crippen molar-refractivity contribution in [1.82, 2.24) is 4.98 Å². The van der Waals surface area contributed by atoms with Gasteiger partial charge in [0.15, 0.2) is 0 Å². The molecule has 0 spiro atoms. The molecule has 0 saturated heterocycles. The third-order valence-electron chi connectivity index (χ3n) is 4.78. The lowest BCUT2D eigenvalue weighted by Crippen LogP contribution is -2.06. The molecule has 0 aliphatic rings. The summed E-state index contributed by atoms with van der Waals surface area (Å²) in [6.07, 6.45) is 1.51. The first kappa shape index (κ1) is 23.0. The quantitative estimate of drug-likeness (QED) is 0.441. The van der Waals surface area contributed by atoms with Crippen LogP contribution < -0.4 is 9.47 Å². The Bertz CT molecular complexity index is 991. The third-order valence-corrected chi connectivity index (χ3v) is 5.11. The van der Waals surface area contributed by atoms with Gasteiger partial charge in [0.2, 0.25) is 5.88 Å². The van der Waals surface area contributed by atoms with E-state index in [4.69, 9.17) is 25.8 Å². The Balaban J connectivity index is 1.74. The summed E-state index contributed by atoms with van der Waals surface area (Å²) < 4.78 is 31.0. The van der Waals surface area contributed by atoms with Crippen LogP contribution in [0.2, 0.25) is 5.02 Å². The van der Waals surface area contributed by atoms with Crippen molar-refractivity contribution in [3.05, 3.63) is 76.7 Å². The van der Waals surface area contributed by atoms with Crippen LogP contribution in [0.3, 0.4) is 0 Å². The number of pyridine rings is 1. The summed E-state index contributed by atoms with van der Waals surface area (Å²) in [5.41, 5.74) is 2.68. The third kappa shape index (κ3) is 5.94. The van der Waals surface area contributed by atoms with Crippen molar-refractivity contribution < 1.29 is 23.7 Å². The Kier molecular flexibility index (Phi) is 8.23. The molecule has 0 bridgehead atoms. The van der Waals surface area contributed by atoms with Gasteiger partial charge in [0.25, 0.3) is 0 Å². The lowest BCUT2D eigenvalue weighted by atomic mass is 10.0. The molecule has 0 radical (unpaired) electrons. The first-order chi connectivity index (χ1) is 15.0. The Labute approximate surface area is 186 Å². The second-order valence-corrected chi connectivity index (χ2v) is 7.24. The van der Waals surface area contributed by atoms with Gasteiger partial charge >= 0.3 is 0 Å². The van der Waals surface area contributed by atoms with Gasteiger partial charge < -0.3 is 19.3 Å². The van der Waals surface area contributed by atoms with Gasteiger partial charge in [-0.25, -0.2) is 9.37 Å². The molecular weight excluding hydrogens is 421 g/mol. The second kappa shape index (κ2) is 11.1. The Morgan fingerprint density at radius 2 is 1.87 bits per heavy atom. The predicted octanol–water partition coefficient (Wildman–Crippen LogP) is 5.59. The minimum atomic E-state index is -0.483. The van der Waals surface area contributed by atoms with Crippen LogP contribution in [0.4, 0.5) is 4.39 Å². The van der Waals surface area contributed by atoms with E-state index in [0.717, 1.165) is 17.3 Å². The van der Waals surface area contributed by atoms with Crippen LogP contribution in [0.25, 0.3) is 11.1 Å². The maximum absolute atomic E-state index is 14.3. The molecule has 0 amide bonds. The molecule has 7 heteroatoms. The van der Waals surface area contributed by atoms with E-state index in [9.17, 15) is 9.50 Å². The number of halogens is 2. The molecule has 0 saturated carbocycles. The van der Waals surface area contributed by atoms with E-state index >= 15 is 0 Å². The molecule has 31 heavy (non-hydrogen) atoms. The van der Waals surface area contributed by atoms with Crippen LogP contribution in [0, 0.1) is 5.82 Å². The number of ether oxygens (including phenoxy) is 3. The maximum Gasteiger partial charge on any atom is 0.213 e. The molecule has 3 aromatic rings. The van der Waals surface area contributed by atoms with Crippen LogP contribution in [-0.4, -0.2) is 30.4 Å². The predicted molar refractivity (Wildman–Crippen MR) is 118 cm³/mol. The Morgan fingerprint density at radius 1 is 1.10 bits per heavy atom.